The highest BCUT2D eigenvalue weighted by atomic mass is 16.5. The molecule has 0 fully saturated rings. The van der Waals surface area contributed by atoms with E-state index >= 15 is 0 Å². The van der Waals surface area contributed by atoms with Crippen LogP contribution < -0.4 is 5.73 Å². The Morgan fingerprint density at radius 3 is 2.71 bits per heavy atom. The van der Waals surface area contributed by atoms with Gasteiger partial charge in [-0.25, -0.2) is 0 Å². The van der Waals surface area contributed by atoms with Gasteiger partial charge in [0, 0.05) is 12.7 Å². The zero-order chi connectivity index (χ0) is 12.3. The van der Waals surface area contributed by atoms with Crippen LogP contribution in [0.4, 0.5) is 0 Å². The van der Waals surface area contributed by atoms with Crippen molar-refractivity contribution in [2.75, 3.05) is 13.7 Å². The van der Waals surface area contributed by atoms with Crippen molar-refractivity contribution in [3.05, 3.63) is 36.2 Å². The molecule has 0 bridgehead atoms. The van der Waals surface area contributed by atoms with E-state index in [1.807, 2.05) is 30.3 Å². The normalized spacial score (nSPS) is 14.5. The maximum atomic E-state index is 6.03. The number of nitrogens with two attached hydrogens (primary N) is 1. The van der Waals surface area contributed by atoms with E-state index in [4.69, 9.17) is 15.0 Å². The molecule has 0 aliphatic rings. The third kappa shape index (κ3) is 2.51. The van der Waals surface area contributed by atoms with Crippen molar-refractivity contribution in [1.29, 1.82) is 0 Å². The van der Waals surface area contributed by atoms with Gasteiger partial charge in [-0.15, -0.1) is 0 Å². The molecule has 0 amide bonds. The lowest BCUT2D eigenvalue weighted by atomic mass is 10.1. The van der Waals surface area contributed by atoms with Crippen LogP contribution in [-0.2, 0) is 10.3 Å². The minimum absolute atomic E-state index is 0.334. The average molecular weight is 233 g/mol. The summed E-state index contributed by atoms with van der Waals surface area (Å²) in [4.78, 5) is 4.29. The zero-order valence-electron chi connectivity index (χ0n) is 9.88. The Bertz CT molecular complexity index is 480. The van der Waals surface area contributed by atoms with Crippen LogP contribution in [0.25, 0.3) is 11.5 Å². The molecule has 0 saturated carbocycles. The van der Waals surface area contributed by atoms with E-state index in [0.29, 0.717) is 18.3 Å². The molecule has 0 aliphatic carbocycles. The van der Waals surface area contributed by atoms with Crippen LogP contribution in [0.1, 0.15) is 12.7 Å². The molecule has 1 atom stereocenters. The lowest BCUT2D eigenvalue weighted by Crippen LogP contribution is -2.38. The fourth-order valence-corrected chi connectivity index (χ4v) is 1.52. The van der Waals surface area contributed by atoms with Crippen LogP contribution in [-0.4, -0.2) is 23.9 Å². The third-order valence-electron chi connectivity index (χ3n) is 2.40. The minimum atomic E-state index is -0.745. The Morgan fingerprint density at radius 2 is 2.06 bits per heavy atom. The lowest BCUT2D eigenvalue weighted by Gasteiger charge is -2.18. The number of aromatic nitrogens is 2. The second-order valence-electron chi connectivity index (χ2n) is 4.14. The first-order chi connectivity index (χ1) is 8.13. The Morgan fingerprint density at radius 1 is 1.35 bits per heavy atom. The molecular formula is C12H15N3O2. The van der Waals surface area contributed by atoms with Crippen LogP contribution in [0.3, 0.4) is 0 Å². The van der Waals surface area contributed by atoms with Crippen molar-refractivity contribution < 1.29 is 9.26 Å². The van der Waals surface area contributed by atoms with Gasteiger partial charge in [-0.1, -0.05) is 23.4 Å². The van der Waals surface area contributed by atoms with E-state index < -0.39 is 5.54 Å². The summed E-state index contributed by atoms with van der Waals surface area (Å²) >= 11 is 0. The second-order valence-corrected chi connectivity index (χ2v) is 4.14. The first kappa shape index (κ1) is 11.8. The summed E-state index contributed by atoms with van der Waals surface area (Å²) in [5.41, 5.74) is 6.16. The Balaban J connectivity index is 2.28. The molecule has 17 heavy (non-hydrogen) atoms. The van der Waals surface area contributed by atoms with Gasteiger partial charge in [0.1, 0.15) is 5.54 Å². The largest absolute Gasteiger partial charge is 0.382 e. The Hall–Kier alpha value is -1.72. The van der Waals surface area contributed by atoms with E-state index in [-0.39, 0.29) is 0 Å². The van der Waals surface area contributed by atoms with E-state index in [0.717, 1.165) is 5.56 Å². The van der Waals surface area contributed by atoms with Gasteiger partial charge >= 0.3 is 0 Å². The van der Waals surface area contributed by atoms with Crippen molar-refractivity contribution in [3.63, 3.8) is 0 Å². The number of ether oxygens (including phenoxy) is 1. The van der Waals surface area contributed by atoms with Gasteiger partial charge in [0.15, 0.2) is 5.82 Å². The molecule has 2 N–H and O–H groups in total. The molecule has 1 aromatic carbocycles. The highest BCUT2D eigenvalue weighted by Gasteiger charge is 2.27. The van der Waals surface area contributed by atoms with Gasteiger partial charge in [-0.05, 0) is 19.1 Å². The SMILES string of the molecule is COCC(C)(N)c1noc(-c2ccccc2)n1. The molecule has 0 spiro atoms. The van der Waals surface area contributed by atoms with Gasteiger partial charge in [-0.3, -0.25) is 0 Å². The topological polar surface area (TPSA) is 74.2 Å². The summed E-state index contributed by atoms with van der Waals surface area (Å²) in [5, 5.41) is 3.89. The summed E-state index contributed by atoms with van der Waals surface area (Å²) in [6.45, 7) is 2.14. The van der Waals surface area contributed by atoms with Crippen molar-refractivity contribution >= 4 is 0 Å². The fraction of sp³-hybridized carbons (Fsp3) is 0.333. The van der Waals surface area contributed by atoms with Gasteiger partial charge < -0.3 is 15.0 Å². The number of hydrogen-bond donors (Lipinski definition) is 1. The van der Waals surface area contributed by atoms with E-state index in [1.54, 1.807) is 14.0 Å². The molecule has 0 saturated heterocycles. The molecular weight excluding hydrogens is 218 g/mol. The summed E-state index contributed by atoms with van der Waals surface area (Å²) in [7, 11) is 1.59. The lowest BCUT2D eigenvalue weighted by molar-refractivity contribution is 0.135. The maximum Gasteiger partial charge on any atom is 0.257 e. The first-order valence-corrected chi connectivity index (χ1v) is 5.31. The van der Waals surface area contributed by atoms with Crippen LogP contribution in [0.5, 0.6) is 0 Å². The number of rotatable bonds is 4. The number of benzene rings is 1. The molecule has 0 radical (unpaired) electrons. The van der Waals surface area contributed by atoms with Crippen molar-refractivity contribution in [3.8, 4) is 11.5 Å². The maximum absolute atomic E-state index is 6.03. The van der Waals surface area contributed by atoms with Crippen LogP contribution in [0, 0.1) is 0 Å². The van der Waals surface area contributed by atoms with Gasteiger partial charge in [0.2, 0.25) is 0 Å². The molecule has 5 nitrogen and oxygen atoms in total. The molecule has 5 heteroatoms. The van der Waals surface area contributed by atoms with E-state index in [9.17, 15) is 0 Å². The molecule has 90 valence electrons. The van der Waals surface area contributed by atoms with Crippen molar-refractivity contribution in [1.82, 2.24) is 10.1 Å². The summed E-state index contributed by atoms with van der Waals surface area (Å²) < 4.78 is 10.2. The smallest absolute Gasteiger partial charge is 0.257 e. The van der Waals surface area contributed by atoms with E-state index in [1.165, 1.54) is 0 Å². The monoisotopic (exact) mass is 233 g/mol. The molecule has 2 aromatic rings. The minimum Gasteiger partial charge on any atom is -0.382 e. The standard InChI is InChI=1S/C12H15N3O2/c1-12(13,8-16-2)11-14-10(17-15-11)9-6-4-3-5-7-9/h3-7H,8,13H2,1-2H3. The summed E-state index contributed by atoms with van der Waals surface area (Å²) in [6, 6.07) is 9.56. The molecule has 2 rings (SSSR count). The summed E-state index contributed by atoms with van der Waals surface area (Å²) in [6.07, 6.45) is 0. The molecule has 0 aliphatic heterocycles. The van der Waals surface area contributed by atoms with Gasteiger partial charge in [-0.2, -0.15) is 4.98 Å². The third-order valence-corrected chi connectivity index (χ3v) is 2.40. The first-order valence-electron chi connectivity index (χ1n) is 5.31. The Kier molecular flexibility index (Phi) is 3.21. The molecule has 1 unspecified atom stereocenters. The van der Waals surface area contributed by atoms with Gasteiger partial charge in [0.05, 0.1) is 6.61 Å². The Labute approximate surface area is 99.6 Å². The fourth-order valence-electron chi connectivity index (χ4n) is 1.52. The second kappa shape index (κ2) is 4.65. The molecule has 1 heterocycles. The van der Waals surface area contributed by atoms with Crippen LogP contribution >= 0.6 is 0 Å². The van der Waals surface area contributed by atoms with Crippen LogP contribution in [0.15, 0.2) is 34.9 Å². The number of nitrogens with zero attached hydrogens (tertiary/aromatic N) is 2. The number of methoxy groups -OCH3 is 1. The van der Waals surface area contributed by atoms with Crippen LogP contribution in [0.2, 0.25) is 0 Å². The quantitative estimate of drug-likeness (QED) is 0.867. The van der Waals surface area contributed by atoms with E-state index in [2.05, 4.69) is 10.1 Å². The highest BCUT2D eigenvalue weighted by Crippen LogP contribution is 2.20. The van der Waals surface area contributed by atoms with Crippen molar-refractivity contribution in [2.45, 2.75) is 12.5 Å². The molecule has 1 aromatic heterocycles. The number of hydrogen-bond acceptors (Lipinski definition) is 5. The van der Waals surface area contributed by atoms with Gasteiger partial charge in [0.25, 0.3) is 5.89 Å². The predicted molar refractivity (Wildman–Crippen MR) is 63.1 cm³/mol. The average Bonchev–Trinajstić information content (AvgIpc) is 2.80. The summed E-state index contributed by atoms with van der Waals surface area (Å²) in [5.74, 6) is 0.909. The zero-order valence-corrected chi connectivity index (χ0v) is 9.88. The predicted octanol–water partition coefficient (Wildman–Crippen LogP) is 1.56. The van der Waals surface area contributed by atoms with Crippen molar-refractivity contribution in [2.24, 2.45) is 5.73 Å². The highest BCUT2D eigenvalue weighted by molar-refractivity contribution is 5.52.